The van der Waals surface area contributed by atoms with Gasteiger partial charge < -0.3 is 0 Å². The number of amides is 1. The van der Waals surface area contributed by atoms with Gasteiger partial charge in [-0.25, -0.2) is 0 Å². The van der Waals surface area contributed by atoms with Gasteiger partial charge in [-0.1, -0.05) is 0 Å². The molecule has 0 spiro atoms. The molecule has 1 fully saturated rings. The van der Waals surface area contributed by atoms with Gasteiger partial charge in [0, 0.05) is 0 Å². The van der Waals surface area contributed by atoms with Gasteiger partial charge in [-0.15, -0.1) is 0 Å². The van der Waals surface area contributed by atoms with Gasteiger partial charge in [0.2, 0.25) is 0 Å². The first kappa shape index (κ1) is 21.1. The Morgan fingerprint density at radius 3 is 2.06 bits per heavy atom. The van der Waals surface area contributed by atoms with Crippen molar-refractivity contribution in [3.05, 3.63) is 113 Å². The Bertz CT molecular complexity index is 1160. The zero-order valence-electron chi connectivity index (χ0n) is 17.8. The number of hydrogen-bond acceptors (Lipinski definition) is 3. The standard InChI is InChI=1S/C27H24N2O2.Cr/c1-2-31-19-23-26(21-14-8-4-9-15-21)28-24(20-12-6-3-7-13-20)18-25(30)29(28)27(23)22-16-10-5-11-17-22;/h3-17,24,26H,2,18H2,1H3;/t24-,26-;/m0./s1. The van der Waals surface area contributed by atoms with Gasteiger partial charge in [0.1, 0.15) is 0 Å². The van der Waals surface area contributed by atoms with Crippen LogP contribution < -0.4 is 0 Å². The average Bonchev–Trinajstić information content (AvgIpc) is 3.36. The fourth-order valence-corrected chi connectivity index (χ4v) is 5.23. The molecule has 3 aromatic carbocycles. The van der Waals surface area contributed by atoms with Crippen LogP contribution in [-0.4, -0.2) is 27.1 Å². The summed E-state index contributed by atoms with van der Waals surface area (Å²) >= 11 is 3.15. The Balaban J connectivity index is 1.75. The third kappa shape index (κ3) is 3.58. The van der Waals surface area contributed by atoms with E-state index in [2.05, 4.69) is 57.3 Å². The number of carbonyl (C=O) groups is 1. The predicted molar refractivity (Wildman–Crippen MR) is 122 cm³/mol. The second-order valence-electron chi connectivity index (χ2n) is 7.88. The zero-order chi connectivity index (χ0) is 22.1. The molecule has 0 saturated carbocycles. The molecular formula is C27H24CrN2O2. The van der Waals surface area contributed by atoms with E-state index in [-0.39, 0.29) is 18.0 Å². The van der Waals surface area contributed by atoms with E-state index in [4.69, 9.17) is 4.74 Å². The second kappa shape index (κ2) is 8.98. The molecule has 5 rings (SSSR count). The van der Waals surface area contributed by atoms with Crippen molar-refractivity contribution in [1.82, 2.24) is 10.0 Å². The molecule has 2 aliphatic rings. The first-order chi connectivity index (χ1) is 15.7. The fourth-order valence-electron chi connectivity index (χ4n) is 4.72. The molecule has 1 saturated heterocycles. The van der Waals surface area contributed by atoms with Gasteiger partial charge >= 0.3 is 197 Å². The van der Waals surface area contributed by atoms with Crippen LogP contribution in [0.1, 0.15) is 42.1 Å². The van der Waals surface area contributed by atoms with E-state index in [0.717, 1.165) is 32.5 Å². The van der Waals surface area contributed by atoms with Crippen LogP contribution in [0.15, 0.2) is 96.6 Å². The van der Waals surface area contributed by atoms with Gasteiger partial charge in [0.25, 0.3) is 0 Å². The van der Waals surface area contributed by atoms with Crippen LogP contribution in [0.5, 0.6) is 0 Å². The Kier molecular flexibility index (Phi) is 5.91. The molecule has 2 heterocycles. The molecule has 32 heavy (non-hydrogen) atoms. The number of hydrazine groups is 1. The topological polar surface area (TPSA) is 32.8 Å². The van der Waals surface area contributed by atoms with Crippen molar-refractivity contribution in [2.45, 2.75) is 25.4 Å². The SMILES string of the molecule is CCO[C](=[Cr])C1=C(c2ccccc2)N2C(=O)C[C@@H](c3ccccc3)N2[C@H]1c1ccccc1. The maximum atomic E-state index is 13.5. The quantitative estimate of drug-likeness (QED) is 0.516. The molecule has 5 heteroatoms. The third-order valence-electron chi connectivity index (χ3n) is 6.00. The first-order valence-electron chi connectivity index (χ1n) is 10.9. The van der Waals surface area contributed by atoms with Gasteiger partial charge in [-0.3, -0.25) is 0 Å². The normalized spacial score (nSPS) is 20.7. The molecule has 0 bridgehead atoms. The number of carbonyl (C=O) groups excluding carboxylic acids is 1. The molecule has 0 unspecified atom stereocenters. The molecule has 0 N–H and O–H groups in total. The summed E-state index contributed by atoms with van der Waals surface area (Å²) in [5.41, 5.74) is 5.15. The summed E-state index contributed by atoms with van der Waals surface area (Å²) in [7, 11) is 0. The number of ether oxygens (including phenoxy) is 1. The molecule has 160 valence electrons. The molecule has 2 atom stereocenters. The van der Waals surface area contributed by atoms with Crippen LogP contribution in [0, 0.1) is 0 Å². The van der Waals surface area contributed by atoms with Gasteiger partial charge in [-0.2, -0.15) is 0 Å². The molecule has 0 aromatic heterocycles. The van der Waals surface area contributed by atoms with Crippen LogP contribution in [0.25, 0.3) is 5.70 Å². The zero-order valence-corrected chi connectivity index (χ0v) is 19.1. The average molecular weight is 460 g/mol. The molecular weight excluding hydrogens is 436 g/mol. The Hall–Kier alpha value is -2.81. The van der Waals surface area contributed by atoms with Gasteiger partial charge in [0.05, 0.1) is 0 Å². The minimum atomic E-state index is -0.147. The molecule has 0 aliphatic carbocycles. The van der Waals surface area contributed by atoms with Gasteiger partial charge in [0.15, 0.2) is 0 Å². The molecule has 4 nitrogen and oxygen atoms in total. The van der Waals surface area contributed by atoms with E-state index < -0.39 is 0 Å². The van der Waals surface area contributed by atoms with Crippen molar-refractivity contribution in [3.63, 3.8) is 0 Å². The summed E-state index contributed by atoms with van der Waals surface area (Å²) in [6.45, 7) is 2.53. The first-order valence-corrected chi connectivity index (χ1v) is 11.5. The van der Waals surface area contributed by atoms with E-state index in [1.54, 1.807) is 0 Å². The third-order valence-corrected chi connectivity index (χ3v) is 6.53. The van der Waals surface area contributed by atoms with Crippen molar-refractivity contribution in [1.29, 1.82) is 0 Å². The van der Waals surface area contributed by atoms with Crippen LogP contribution in [-0.2, 0) is 25.4 Å². The van der Waals surface area contributed by atoms with E-state index >= 15 is 0 Å². The minimum absolute atomic E-state index is 0.0560. The van der Waals surface area contributed by atoms with E-state index in [1.807, 2.05) is 66.5 Å². The monoisotopic (exact) mass is 460 g/mol. The number of benzene rings is 3. The summed E-state index contributed by atoms with van der Waals surface area (Å²) in [6, 6.07) is 30.6. The summed E-state index contributed by atoms with van der Waals surface area (Å²) in [6.07, 6.45) is 0.439. The van der Waals surface area contributed by atoms with E-state index in [0.29, 0.717) is 13.0 Å². The van der Waals surface area contributed by atoms with Crippen LogP contribution >= 0.6 is 0 Å². The van der Waals surface area contributed by atoms with E-state index in [1.165, 1.54) is 0 Å². The summed E-state index contributed by atoms with van der Waals surface area (Å²) < 4.78 is 6.74. The molecule has 0 radical (unpaired) electrons. The van der Waals surface area contributed by atoms with Crippen LogP contribution in [0.3, 0.4) is 0 Å². The van der Waals surface area contributed by atoms with Gasteiger partial charge in [-0.05, 0) is 0 Å². The fraction of sp³-hybridized carbons (Fsp3) is 0.185. The van der Waals surface area contributed by atoms with Crippen LogP contribution in [0.2, 0.25) is 0 Å². The van der Waals surface area contributed by atoms with Crippen molar-refractivity contribution in [3.8, 4) is 0 Å². The Morgan fingerprint density at radius 2 is 1.47 bits per heavy atom. The van der Waals surface area contributed by atoms with E-state index in [9.17, 15) is 4.79 Å². The number of rotatable bonds is 6. The Morgan fingerprint density at radius 1 is 0.906 bits per heavy atom. The van der Waals surface area contributed by atoms with Crippen LogP contribution in [0.4, 0.5) is 0 Å². The number of hydrogen-bond donors (Lipinski definition) is 0. The Labute approximate surface area is 196 Å². The van der Waals surface area contributed by atoms with Crippen molar-refractivity contribution in [2.75, 3.05) is 6.61 Å². The molecule has 3 aromatic rings. The maximum absolute atomic E-state index is 13.5. The second-order valence-corrected chi connectivity index (χ2v) is 8.46. The molecule has 2 aliphatic heterocycles. The van der Waals surface area contributed by atoms with Crippen molar-refractivity contribution >= 4 is 16.2 Å². The molecule has 1 amide bonds. The summed E-state index contributed by atoms with van der Waals surface area (Å²) in [5.74, 6) is 0.0953. The summed E-state index contributed by atoms with van der Waals surface area (Å²) in [5, 5.41) is 4.12. The predicted octanol–water partition coefficient (Wildman–Crippen LogP) is 5.06. The number of fused-ring (bicyclic) bond motifs is 1. The van der Waals surface area contributed by atoms with Crippen molar-refractivity contribution < 1.29 is 25.4 Å². The van der Waals surface area contributed by atoms with Crippen molar-refractivity contribution in [2.24, 2.45) is 0 Å². The number of nitrogens with zero attached hydrogens (tertiary/aromatic N) is 2. The summed E-state index contributed by atoms with van der Waals surface area (Å²) in [4.78, 5) is 13.5.